The summed E-state index contributed by atoms with van der Waals surface area (Å²) < 4.78 is 0. The van der Waals surface area contributed by atoms with Crippen molar-refractivity contribution >= 4 is 30.7 Å². The third-order valence-electron chi connectivity index (χ3n) is 2.45. The molecule has 0 aliphatic rings. The lowest BCUT2D eigenvalue weighted by atomic mass is 10.2. The van der Waals surface area contributed by atoms with E-state index in [2.05, 4.69) is 54.5 Å². The van der Waals surface area contributed by atoms with E-state index in [0.29, 0.717) is 0 Å². The highest BCUT2D eigenvalue weighted by Crippen LogP contribution is 2.22. The van der Waals surface area contributed by atoms with Gasteiger partial charge in [-0.3, -0.25) is 0 Å². The molecule has 0 saturated carbocycles. The Balaban J connectivity index is 2.57. The van der Waals surface area contributed by atoms with Gasteiger partial charge in [-0.15, -0.1) is 17.3 Å². The fraction of sp³-hybridized carbons (Fsp3) is 0.267. The average Bonchev–Trinajstić information content (AvgIpc) is 2.34. The van der Waals surface area contributed by atoms with Crippen molar-refractivity contribution < 1.29 is 0 Å². The fourth-order valence-corrected chi connectivity index (χ4v) is 2.63. The zero-order valence-electron chi connectivity index (χ0n) is 11.2. The molecule has 1 heterocycles. The highest BCUT2D eigenvalue weighted by atomic mass is 32.2. The fourth-order valence-electron chi connectivity index (χ4n) is 1.60. The van der Waals surface area contributed by atoms with Crippen LogP contribution >= 0.6 is 11.8 Å². The number of hydrogen-bond acceptors (Lipinski definition) is 2. The monoisotopic (exact) mass is 271 g/mol. The molecule has 2 rings (SSSR count). The van der Waals surface area contributed by atoms with Crippen LogP contribution in [0, 0.1) is 11.5 Å². The molecular weight excluding hydrogens is 254 g/mol. The number of fused-ring (bicyclic) bond motifs is 1. The molecule has 1 aromatic carbocycles. The molecule has 0 unspecified atom stereocenters. The minimum Gasteiger partial charge on any atom is -0.240 e. The van der Waals surface area contributed by atoms with Gasteiger partial charge in [0.2, 0.25) is 0 Å². The normalized spacial score (nSPS) is 11.1. The molecule has 0 spiro atoms. The second-order valence-electron chi connectivity index (χ2n) is 5.24. The molecule has 0 aliphatic heterocycles. The summed E-state index contributed by atoms with van der Waals surface area (Å²) in [6.45, 7) is 6.77. The molecule has 0 amide bonds. The molecule has 0 saturated heterocycles. The van der Waals surface area contributed by atoms with Gasteiger partial charge in [0.25, 0.3) is 0 Å². The van der Waals surface area contributed by atoms with Gasteiger partial charge >= 0.3 is 0 Å². The molecule has 92 valence electrons. The van der Waals surface area contributed by atoms with Gasteiger partial charge in [-0.25, -0.2) is 4.98 Å². The largest absolute Gasteiger partial charge is 0.240 e. The SMILES string of the molecule is CSc1nc2ccccc2cc1C#C[Si](C)(C)C. The molecular formula is C15H17NSSi. The van der Waals surface area contributed by atoms with Crippen molar-refractivity contribution in [1.29, 1.82) is 0 Å². The van der Waals surface area contributed by atoms with Crippen molar-refractivity contribution in [3.63, 3.8) is 0 Å². The van der Waals surface area contributed by atoms with Crippen LogP contribution < -0.4 is 0 Å². The lowest BCUT2D eigenvalue weighted by Gasteiger charge is -2.06. The molecule has 0 fully saturated rings. The molecule has 0 atom stereocenters. The van der Waals surface area contributed by atoms with Crippen LogP contribution in [0.3, 0.4) is 0 Å². The number of hydrogen-bond donors (Lipinski definition) is 0. The highest BCUT2D eigenvalue weighted by Gasteiger charge is 2.09. The highest BCUT2D eigenvalue weighted by molar-refractivity contribution is 7.98. The topological polar surface area (TPSA) is 12.9 Å². The van der Waals surface area contributed by atoms with Crippen molar-refractivity contribution in [2.45, 2.75) is 24.7 Å². The Bertz CT molecular complexity index is 632. The first-order valence-corrected chi connectivity index (χ1v) is 10.7. The Morgan fingerprint density at radius 2 is 1.89 bits per heavy atom. The minimum absolute atomic E-state index is 1.03. The van der Waals surface area contributed by atoms with Gasteiger partial charge in [0.05, 0.1) is 11.1 Å². The number of nitrogens with zero attached hydrogens (tertiary/aromatic N) is 1. The summed E-state index contributed by atoms with van der Waals surface area (Å²) in [6.07, 6.45) is 2.05. The summed E-state index contributed by atoms with van der Waals surface area (Å²) in [4.78, 5) is 4.67. The lowest BCUT2D eigenvalue weighted by Crippen LogP contribution is -2.16. The zero-order valence-corrected chi connectivity index (χ0v) is 13.1. The van der Waals surface area contributed by atoms with Crippen molar-refractivity contribution in [1.82, 2.24) is 4.98 Å². The van der Waals surface area contributed by atoms with E-state index in [-0.39, 0.29) is 0 Å². The number of aromatic nitrogens is 1. The summed E-state index contributed by atoms with van der Waals surface area (Å²) in [7, 11) is -1.34. The van der Waals surface area contributed by atoms with Gasteiger partial charge in [-0.1, -0.05) is 43.8 Å². The van der Waals surface area contributed by atoms with Crippen molar-refractivity contribution in [3.8, 4) is 11.5 Å². The summed E-state index contributed by atoms with van der Waals surface area (Å²) in [5, 5.41) is 2.19. The van der Waals surface area contributed by atoms with E-state index >= 15 is 0 Å². The van der Waals surface area contributed by atoms with E-state index in [0.717, 1.165) is 21.5 Å². The standard InChI is InChI=1S/C15H17NSSi/c1-17-15-13(9-10-18(2,3)4)11-12-7-5-6-8-14(12)16-15/h5-8,11H,1-4H3. The van der Waals surface area contributed by atoms with Crippen molar-refractivity contribution in [2.75, 3.05) is 6.26 Å². The van der Waals surface area contributed by atoms with E-state index < -0.39 is 8.07 Å². The van der Waals surface area contributed by atoms with Crippen LogP contribution in [0.25, 0.3) is 10.9 Å². The van der Waals surface area contributed by atoms with E-state index in [1.807, 2.05) is 18.2 Å². The maximum atomic E-state index is 4.67. The zero-order chi connectivity index (χ0) is 13.2. The average molecular weight is 271 g/mol. The first-order chi connectivity index (χ1) is 8.49. The molecule has 2 aromatic rings. The quantitative estimate of drug-likeness (QED) is 0.438. The minimum atomic E-state index is -1.34. The maximum absolute atomic E-state index is 4.67. The Hall–Kier alpha value is -1.24. The van der Waals surface area contributed by atoms with E-state index in [9.17, 15) is 0 Å². The van der Waals surface area contributed by atoms with E-state index in [4.69, 9.17) is 0 Å². The first kappa shape index (κ1) is 13.2. The van der Waals surface area contributed by atoms with Crippen LogP contribution in [0.15, 0.2) is 35.4 Å². The van der Waals surface area contributed by atoms with Gasteiger partial charge < -0.3 is 0 Å². The molecule has 18 heavy (non-hydrogen) atoms. The molecule has 0 bridgehead atoms. The van der Waals surface area contributed by atoms with Crippen LogP contribution in [-0.2, 0) is 0 Å². The Kier molecular flexibility index (Phi) is 3.79. The number of benzene rings is 1. The summed E-state index contributed by atoms with van der Waals surface area (Å²) in [6, 6.07) is 10.4. The maximum Gasteiger partial charge on any atom is 0.129 e. The summed E-state index contributed by atoms with van der Waals surface area (Å²) in [5.74, 6) is 3.32. The Morgan fingerprint density at radius 3 is 2.56 bits per heavy atom. The number of para-hydroxylation sites is 1. The Labute approximate surface area is 114 Å². The van der Waals surface area contributed by atoms with Crippen molar-refractivity contribution in [2.24, 2.45) is 0 Å². The van der Waals surface area contributed by atoms with E-state index in [1.54, 1.807) is 11.8 Å². The number of pyridine rings is 1. The number of thioether (sulfide) groups is 1. The van der Waals surface area contributed by atoms with Gasteiger partial charge in [-0.05, 0) is 18.4 Å². The van der Waals surface area contributed by atoms with Gasteiger partial charge in [0.15, 0.2) is 0 Å². The van der Waals surface area contributed by atoms with Crippen LogP contribution in [-0.4, -0.2) is 19.3 Å². The third kappa shape index (κ3) is 3.15. The molecule has 0 aliphatic carbocycles. The predicted octanol–water partition coefficient (Wildman–Crippen LogP) is 4.19. The molecule has 0 radical (unpaired) electrons. The van der Waals surface area contributed by atoms with Gasteiger partial charge in [0.1, 0.15) is 13.1 Å². The third-order valence-corrected chi connectivity index (χ3v) is 4.03. The van der Waals surface area contributed by atoms with Gasteiger partial charge in [0, 0.05) is 5.39 Å². The van der Waals surface area contributed by atoms with Crippen LogP contribution in [0.5, 0.6) is 0 Å². The summed E-state index contributed by atoms with van der Waals surface area (Å²) >= 11 is 1.66. The molecule has 1 nitrogen and oxygen atoms in total. The van der Waals surface area contributed by atoms with Gasteiger partial charge in [-0.2, -0.15) is 0 Å². The summed E-state index contributed by atoms with van der Waals surface area (Å²) in [5.41, 5.74) is 5.51. The first-order valence-electron chi connectivity index (χ1n) is 5.96. The predicted molar refractivity (Wildman–Crippen MR) is 83.7 cm³/mol. The second kappa shape index (κ2) is 5.17. The van der Waals surface area contributed by atoms with E-state index in [1.165, 1.54) is 0 Å². The Morgan fingerprint density at radius 1 is 1.17 bits per heavy atom. The molecule has 1 aromatic heterocycles. The lowest BCUT2D eigenvalue weighted by molar-refractivity contribution is 1.17. The van der Waals surface area contributed by atoms with Crippen molar-refractivity contribution in [3.05, 3.63) is 35.9 Å². The van der Waals surface area contributed by atoms with Crippen LogP contribution in [0.1, 0.15) is 5.56 Å². The van der Waals surface area contributed by atoms with Crippen LogP contribution in [0.2, 0.25) is 19.6 Å². The van der Waals surface area contributed by atoms with Crippen LogP contribution in [0.4, 0.5) is 0 Å². The number of rotatable bonds is 1. The second-order valence-corrected chi connectivity index (χ2v) is 10.8. The smallest absolute Gasteiger partial charge is 0.129 e. The molecule has 0 N–H and O–H groups in total. The molecule has 3 heteroatoms.